The third-order valence-electron chi connectivity index (χ3n) is 4.42. The number of thiazole rings is 1. The van der Waals surface area contributed by atoms with Crippen molar-refractivity contribution in [3.05, 3.63) is 11.1 Å². The summed E-state index contributed by atoms with van der Waals surface area (Å²) in [5.41, 5.74) is 0. The third kappa shape index (κ3) is 3.32. The molecular weight excluding hydrogens is 268 g/mol. The second-order valence-electron chi connectivity index (χ2n) is 5.87. The summed E-state index contributed by atoms with van der Waals surface area (Å²) in [6, 6.07) is 1.59. The van der Waals surface area contributed by atoms with Crippen LogP contribution < -0.4 is 10.2 Å². The van der Waals surface area contributed by atoms with E-state index in [9.17, 15) is 0 Å². The molecule has 4 nitrogen and oxygen atoms in total. The van der Waals surface area contributed by atoms with E-state index >= 15 is 0 Å². The molecule has 2 heterocycles. The van der Waals surface area contributed by atoms with Crippen molar-refractivity contribution in [2.75, 3.05) is 31.1 Å². The van der Waals surface area contributed by atoms with Crippen LogP contribution in [-0.2, 0) is 6.54 Å². The summed E-state index contributed by atoms with van der Waals surface area (Å²) >= 11 is 1.83. The molecule has 1 N–H and O–H groups in total. The van der Waals surface area contributed by atoms with Gasteiger partial charge in [0.15, 0.2) is 5.13 Å². The Morgan fingerprint density at radius 2 is 2.15 bits per heavy atom. The lowest BCUT2D eigenvalue weighted by atomic mass is 10.2. The molecule has 1 saturated carbocycles. The highest BCUT2D eigenvalue weighted by molar-refractivity contribution is 7.15. The van der Waals surface area contributed by atoms with Crippen molar-refractivity contribution in [3.8, 4) is 0 Å². The lowest BCUT2D eigenvalue weighted by Gasteiger charge is -2.16. The molecule has 2 aliphatic rings. The van der Waals surface area contributed by atoms with Crippen molar-refractivity contribution in [1.82, 2.24) is 15.2 Å². The highest BCUT2D eigenvalue weighted by atomic mass is 32.1. The van der Waals surface area contributed by atoms with E-state index < -0.39 is 0 Å². The lowest BCUT2D eigenvalue weighted by molar-refractivity contribution is 0.317. The van der Waals surface area contributed by atoms with E-state index in [4.69, 9.17) is 0 Å². The largest absolute Gasteiger partial charge is 0.349 e. The van der Waals surface area contributed by atoms with Crippen LogP contribution >= 0.6 is 11.3 Å². The molecule has 3 rings (SSSR count). The fourth-order valence-electron chi connectivity index (χ4n) is 2.99. The molecule has 1 saturated heterocycles. The zero-order chi connectivity index (χ0) is 13.9. The predicted molar refractivity (Wildman–Crippen MR) is 85.5 cm³/mol. The molecule has 1 atom stereocenters. The van der Waals surface area contributed by atoms with E-state index in [0.29, 0.717) is 6.04 Å². The second-order valence-corrected chi connectivity index (χ2v) is 6.97. The fourth-order valence-corrected chi connectivity index (χ4v) is 3.98. The van der Waals surface area contributed by atoms with Gasteiger partial charge in [0.1, 0.15) is 0 Å². The first-order chi connectivity index (χ1) is 9.80. The highest BCUT2D eigenvalue weighted by Gasteiger charge is 2.34. The molecule has 1 aliphatic heterocycles. The molecule has 1 unspecified atom stereocenters. The van der Waals surface area contributed by atoms with E-state index in [1.807, 2.05) is 17.5 Å². The van der Waals surface area contributed by atoms with Gasteiger partial charge in [-0.2, -0.15) is 0 Å². The molecule has 0 aromatic carbocycles. The maximum atomic E-state index is 4.55. The van der Waals surface area contributed by atoms with Gasteiger partial charge >= 0.3 is 0 Å². The number of anilines is 1. The molecule has 20 heavy (non-hydrogen) atoms. The molecular formula is C15H26N4S. The van der Waals surface area contributed by atoms with Crippen LogP contribution in [0.15, 0.2) is 6.20 Å². The molecule has 0 amide bonds. The maximum Gasteiger partial charge on any atom is 0.185 e. The van der Waals surface area contributed by atoms with E-state index in [0.717, 1.165) is 30.8 Å². The van der Waals surface area contributed by atoms with E-state index in [-0.39, 0.29) is 0 Å². The standard InChI is InChI=1S/C15H26N4S/c1-3-18(4-2)15-17-10-14(20-15)9-16-12-7-8-19(11-12)13-5-6-13/h10,12-13,16H,3-9,11H2,1-2H3. The van der Waals surface area contributed by atoms with Crippen molar-refractivity contribution in [3.63, 3.8) is 0 Å². The monoisotopic (exact) mass is 294 g/mol. The van der Waals surface area contributed by atoms with Crippen LogP contribution in [0.25, 0.3) is 0 Å². The van der Waals surface area contributed by atoms with Crippen LogP contribution in [0.4, 0.5) is 5.13 Å². The molecule has 112 valence electrons. The molecule has 1 aromatic rings. The maximum absolute atomic E-state index is 4.55. The minimum absolute atomic E-state index is 0.676. The SMILES string of the molecule is CCN(CC)c1ncc(CNC2CCN(C3CC3)C2)s1. The first-order valence-electron chi connectivity index (χ1n) is 7.97. The lowest BCUT2D eigenvalue weighted by Crippen LogP contribution is -2.32. The number of hydrogen-bond acceptors (Lipinski definition) is 5. The summed E-state index contributed by atoms with van der Waals surface area (Å²) in [7, 11) is 0. The smallest absolute Gasteiger partial charge is 0.185 e. The third-order valence-corrected chi connectivity index (χ3v) is 5.48. The Hall–Kier alpha value is -0.650. The van der Waals surface area contributed by atoms with Crippen LogP contribution in [0, 0.1) is 0 Å². The first kappa shape index (κ1) is 14.3. The number of nitrogens with one attached hydrogen (secondary N) is 1. The number of aromatic nitrogens is 1. The normalized spacial score (nSPS) is 23.4. The first-order valence-corrected chi connectivity index (χ1v) is 8.78. The highest BCUT2D eigenvalue weighted by Crippen LogP contribution is 2.30. The van der Waals surface area contributed by atoms with Crippen molar-refractivity contribution < 1.29 is 0 Å². The zero-order valence-electron chi connectivity index (χ0n) is 12.6. The van der Waals surface area contributed by atoms with Crippen molar-refractivity contribution in [2.45, 2.75) is 51.7 Å². The van der Waals surface area contributed by atoms with Gasteiger partial charge in [0, 0.05) is 55.9 Å². The average Bonchev–Trinajstić information content (AvgIpc) is 3.02. The summed E-state index contributed by atoms with van der Waals surface area (Å²) in [5, 5.41) is 4.87. The molecule has 1 aliphatic carbocycles. The summed E-state index contributed by atoms with van der Waals surface area (Å²) in [6.45, 7) is 9.96. The molecule has 0 spiro atoms. The quantitative estimate of drug-likeness (QED) is 0.836. The van der Waals surface area contributed by atoms with E-state index in [2.05, 4.69) is 33.9 Å². The van der Waals surface area contributed by atoms with Gasteiger partial charge in [0.05, 0.1) is 0 Å². The van der Waals surface area contributed by atoms with Crippen LogP contribution in [0.3, 0.4) is 0 Å². The molecule has 1 aromatic heterocycles. The number of hydrogen-bond donors (Lipinski definition) is 1. The Morgan fingerprint density at radius 3 is 2.85 bits per heavy atom. The van der Waals surface area contributed by atoms with Gasteiger partial charge in [-0.15, -0.1) is 11.3 Å². The molecule has 0 bridgehead atoms. The van der Waals surface area contributed by atoms with Gasteiger partial charge in [-0.3, -0.25) is 4.90 Å². The minimum Gasteiger partial charge on any atom is -0.349 e. The van der Waals surface area contributed by atoms with Gasteiger partial charge in [-0.25, -0.2) is 4.98 Å². The van der Waals surface area contributed by atoms with Gasteiger partial charge in [0.25, 0.3) is 0 Å². The van der Waals surface area contributed by atoms with Crippen molar-refractivity contribution >= 4 is 16.5 Å². The van der Waals surface area contributed by atoms with E-state index in [1.54, 1.807) is 0 Å². The van der Waals surface area contributed by atoms with Crippen LogP contribution in [0.2, 0.25) is 0 Å². The molecule has 0 radical (unpaired) electrons. The second kappa shape index (κ2) is 6.41. The summed E-state index contributed by atoms with van der Waals surface area (Å²) in [5.74, 6) is 0. The fraction of sp³-hybridized carbons (Fsp3) is 0.800. The Kier molecular flexibility index (Phi) is 4.58. The Labute approximate surface area is 126 Å². The molecule has 2 fully saturated rings. The Morgan fingerprint density at radius 1 is 1.35 bits per heavy atom. The average molecular weight is 294 g/mol. The topological polar surface area (TPSA) is 31.4 Å². The summed E-state index contributed by atoms with van der Waals surface area (Å²) in [6.07, 6.45) is 6.20. The van der Waals surface area contributed by atoms with E-state index in [1.165, 1.54) is 37.2 Å². The van der Waals surface area contributed by atoms with Crippen LogP contribution in [0.5, 0.6) is 0 Å². The van der Waals surface area contributed by atoms with Gasteiger partial charge < -0.3 is 10.2 Å². The van der Waals surface area contributed by atoms with Crippen LogP contribution in [0.1, 0.15) is 38.0 Å². The Balaban J connectivity index is 1.46. The van der Waals surface area contributed by atoms with Crippen molar-refractivity contribution in [1.29, 1.82) is 0 Å². The van der Waals surface area contributed by atoms with Crippen molar-refractivity contribution in [2.24, 2.45) is 0 Å². The summed E-state index contributed by atoms with van der Waals surface area (Å²) < 4.78 is 0. The zero-order valence-corrected chi connectivity index (χ0v) is 13.5. The number of likely N-dealkylation sites (tertiary alicyclic amines) is 1. The van der Waals surface area contributed by atoms with Crippen LogP contribution in [-0.4, -0.2) is 48.1 Å². The number of nitrogens with zero attached hydrogens (tertiary/aromatic N) is 3. The molecule has 5 heteroatoms. The van der Waals surface area contributed by atoms with Gasteiger partial charge in [0.2, 0.25) is 0 Å². The summed E-state index contributed by atoms with van der Waals surface area (Å²) in [4.78, 5) is 10.9. The predicted octanol–water partition coefficient (Wildman–Crippen LogP) is 2.32. The minimum atomic E-state index is 0.676. The van der Waals surface area contributed by atoms with Gasteiger partial charge in [-0.05, 0) is 33.1 Å². The number of rotatable bonds is 7. The van der Waals surface area contributed by atoms with Gasteiger partial charge in [-0.1, -0.05) is 0 Å². The Bertz CT molecular complexity index is 425.